The van der Waals surface area contributed by atoms with Crippen LogP contribution in [0.25, 0.3) is 0 Å². The Bertz CT molecular complexity index is 644. The lowest BCUT2D eigenvalue weighted by molar-refractivity contribution is -0.306. The van der Waals surface area contributed by atoms with Gasteiger partial charge in [-0.2, -0.15) is 0 Å². The van der Waals surface area contributed by atoms with Crippen molar-refractivity contribution in [1.82, 2.24) is 0 Å². The minimum Gasteiger partial charge on any atom is -0.462 e. The molecule has 12 nitrogen and oxygen atoms in total. The van der Waals surface area contributed by atoms with Crippen molar-refractivity contribution in [2.75, 3.05) is 6.61 Å². The lowest BCUT2D eigenvalue weighted by Gasteiger charge is -2.44. The fourth-order valence-corrected chi connectivity index (χ4v) is 2.73. The number of carbonyl (C=O) groups excluding carboxylic acids is 5. The van der Waals surface area contributed by atoms with Crippen LogP contribution in [0, 0.1) is 0 Å². The Morgan fingerprint density at radius 2 is 1.24 bits per heavy atom. The molecule has 6 atom stereocenters. The van der Waals surface area contributed by atoms with Gasteiger partial charge in [-0.1, -0.05) is 0 Å². The monoisotopic (exact) mass is 420 g/mol. The summed E-state index contributed by atoms with van der Waals surface area (Å²) in [6, 6.07) is 0. The summed E-state index contributed by atoms with van der Waals surface area (Å²) in [4.78, 5) is 57.2. The molecule has 1 rings (SSSR count). The smallest absolute Gasteiger partial charge is 0.303 e. The molecular weight excluding hydrogens is 396 g/mol. The van der Waals surface area contributed by atoms with Crippen LogP contribution in [0.2, 0.25) is 0 Å². The maximum Gasteiger partial charge on any atom is 0.303 e. The molecule has 0 amide bonds. The van der Waals surface area contributed by atoms with E-state index in [0.717, 1.165) is 34.6 Å². The number of esters is 5. The van der Waals surface area contributed by atoms with Crippen molar-refractivity contribution in [3.63, 3.8) is 0 Å². The standard InChI is InChI=1S/C17H24O12/c1-7(18)24-6-12(25-8(2)19)13-14(26-9(3)20)15(27-10(4)21)16(17(23)29-13)28-11(5)22/h12-17,23H,6H2,1-5H3/t12-,13?,14-,15+,16+,17?/m1/s1. The lowest BCUT2D eigenvalue weighted by atomic mass is 9.94. The highest BCUT2D eigenvalue weighted by atomic mass is 16.7. The van der Waals surface area contributed by atoms with E-state index in [1.807, 2.05) is 0 Å². The Labute approximate surface area is 166 Å². The van der Waals surface area contributed by atoms with Gasteiger partial charge in [0.1, 0.15) is 12.7 Å². The third-order valence-electron chi connectivity index (χ3n) is 3.59. The minimum absolute atomic E-state index is 0.505. The second kappa shape index (κ2) is 10.7. The molecule has 0 saturated carbocycles. The van der Waals surface area contributed by atoms with Crippen molar-refractivity contribution in [2.45, 2.75) is 71.4 Å². The first-order chi connectivity index (χ1) is 13.4. The van der Waals surface area contributed by atoms with E-state index in [2.05, 4.69) is 0 Å². The van der Waals surface area contributed by atoms with E-state index in [4.69, 9.17) is 28.4 Å². The molecule has 1 aliphatic rings. The maximum atomic E-state index is 11.6. The Kier molecular flexibility index (Phi) is 8.98. The molecule has 12 heteroatoms. The first-order valence-electron chi connectivity index (χ1n) is 8.58. The molecule has 1 N–H and O–H groups in total. The van der Waals surface area contributed by atoms with Crippen LogP contribution in [0.15, 0.2) is 0 Å². The summed E-state index contributed by atoms with van der Waals surface area (Å²) in [5, 5.41) is 10.3. The number of ether oxygens (including phenoxy) is 6. The molecule has 1 aliphatic heterocycles. The Morgan fingerprint density at radius 1 is 0.759 bits per heavy atom. The number of hydrogen-bond acceptors (Lipinski definition) is 12. The number of hydrogen-bond donors (Lipinski definition) is 1. The third-order valence-corrected chi connectivity index (χ3v) is 3.59. The first-order valence-corrected chi connectivity index (χ1v) is 8.58. The number of rotatable bonds is 7. The summed E-state index contributed by atoms with van der Waals surface area (Å²) in [7, 11) is 0. The average Bonchev–Trinajstić information content (AvgIpc) is 2.55. The second-order valence-corrected chi connectivity index (χ2v) is 6.16. The molecule has 0 aromatic rings. The van der Waals surface area contributed by atoms with Gasteiger partial charge in [-0.15, -0.1) is 0 Å². The van der Waals surface area contributed by atoms with Gasteiger partial charge in [0, 0.05) is 34.6 Å². The highest BCUT2D eigenvalue weighted by Crippen LogP contribution is 2.30. The normalized spacial score (nSPS) is 27.2. The van der Waals surface area contributed by atoms with Gasteiger partial charge in [0.25, 0.3) is 0 Å². The zero-order valence-corrected chi connectivity index (χ0v) is 16.6. The Balaban J connectivity index is 3.34. The first kappa shape index (κ1) is 24.3. The summed E-state index contributed by atoms with van der Waals surface area (Å²) < 4.78 is 30.5. The van der Waals surface area contributed by atoms with Crippen molar-refractivity contribution in [1.29, 1.82) is 0 Å². The molecule has 1 fully saturated rings. The lowest BCUT2D eigenvalue weighted by Crippen LogP contribution is -2.64. The maximum absolute atomic E-state index is 11.6. The SMILES string of the molecule is CC(=O)OC[C@@H](OC(C)=O)C1OC(O)[C@@H](OC(C)=O)[C@@H](OC(C)=O)[C@@H]1OC(C)=O. The summed E-state index contributed by atoms with van der Waals surface area (Å²) >= 11 is 0. The molecule has 0 aromatic heterocycles. The van der Waals surface area contributed by atoms with Gasteiger partial charge < -0.3 is 33.5 Å². The molecule has 2 unspecified atom stereocenters. The van der Waals surface area contributed by atoms with Gasteiger partial charge >= 0.3 is 29.8 Å². The van der Waals surface area contributed by atoms with Gasteiger partial charge in [-0.25, -0.2) is 0 Å². The molecule has 0 aliphatic carbocycles. The van der Waals surface area contributed by atoms with E-state index in [-0.39, 0.29) is 0 Å². The van der Waals surface area contributed by atoms with Gasteiger partial charge in [0.15, 0.2) is 30.7 Å². The Hall–Kier alpha value is -2.73. The molecule has 0 bridgehead atoms. The summed E-state index contributed by atoms with van der Waals surface area (Å²) in [5.41, 5.74) is 0. The second-order valence-electron chi connectivity index (χ2n) is 6.16. The summed E-state index contributed by atoms with van der Waals surface area (Å²) in [6.07, 6.45) is -9.10. The van der Waals surface area contributed by atoms with Crippen LogP contribution in [-0.2, 0) is 52.4 Å². The number of aliphatic hydroxyl groups is 1. The van der Waals surface area contributed by atoms with Crippen molar-refractivity contribution in [3.05, 3.63) is 0 Å². The highest BCUT2D eigenvalue weighted by molar-refractivity contribution is 5.69. The zero-order chi connectivity index (χ0) is 22.3. The minimum atomic E-state index is -1.84. The van der Waals surface area contributed by atoms with Gasteiger partial charge in [0.2, 0.25) is 0 Å². The van der Waals surface area contributed by atoms with Crippen LogP contribution in [0.5, 0.6) is 0 Å². The van der Waals surface area contributed by atoms with Gasteiger partial charge in [-0.05, 0) is 0 Å². The van der Waals surface area contributed by atoms with Crippen molar-refractivity contribution in [2.24, 2.45) is 0 Å². The van der Waals surface area contributed by atoms with E-state index in [9.17, 15) is 29.1 Å². The van der Waals surface area contributed by atoms with E-state index < -0.39 is 73.3 Å². The molecular formula is C17H24O12. The predicted octanol–water partition coefficient (Wildman–Crippen LogP) is -1.01. The Morgan fingerprint density at radius 3 is 1.69 bits per heavy atom. The summed E-state index contributed by atoms with van der Waals surface area (Å²) in [6.45, 7) is 4.84. The van der Waals surface area contributed by atoms with Crippen molar-refractivity contribution < 1.29 is 57.5 Å². The quantitative estimate of drug-likeness (QED) is 0.395. The van der Waals surface area contributed by atoms with Crippen LogP contribution in [0.3, 0.4) is 0 Å². The summed E-state index contributed by atoms with van der Waals surface area (Å²) in [5.74, 6) is -3.97. The van der Waals surface area contributed by atoms with E-state index in [1.54, 1.807) is 0 Å². The molecule has 1 saturated heterocycles. The predicted molar refractivity (Wildman–Crippen MR) is 89.7 cm³/mol. The van der Waals surface area contributed by atoms with Crippen molar-refractivity contribution >= 4 is 29.8 Å². The topological polar surface area (TPSA) is 161 Å². The van der Waals surface area contributed by atoms with E-state index >= 15 is 0 Å². The molecule has 0 spiro atoms. The average molecular weight is 420 g/mol. The third kappa shape index (κ3) is 7.66. The van der Waals surface area contributed by atoms with Crippen LogP contribution in [0.4, 0.5) is 0 Å². The van der Waals surface area contributed by atoms with Crippen LogP contribution in [0.1, 0.15) is 34.6 Å². The molecule has 0 aromatic carbocycles. The van der Waals surface area contributed by atoms with Crippen molar-refractivity contribution in [3.8, 4) is 0 Å². The molecule has 29 heavy (non-hydrogen) atoms. The fraction of sp³-hybridized carbons (Fsp3) is 0.706. The van der Waals surface area contributed by atoms with Gasteiger partial charge in [-0.3, -0.25) is 24.0 Å². The highest BCUT2D eigenvalue weighted by Gasteiger charge is 2.54. The van der Waals surface area contributed by atoms with Gasteiger partial charge in [0.05, 0.1) is 0 Å². The molecule has 0 radical (unpaired) electrons. The fourth-order valence-electron chi connectivity index (χ4n) is 2.73. The van der Waals surface area contributed by atoms with E-state index in [0.29, 0.717) is 0 Å². The molecule has 164 valence electrons. The largest absolute Gasteiger partial charge is 0.462 e. The number of aliphatic hydroxyl groups excluding tert-OH is 1. The van der Waals surface area contributed by atoms with E-state index in [1.165, 1.54) is 0 Å². The van der Waals surface area contributed by atoms with Crippen LogP contribution >= 0.6 is 0 Å². The van der Waals surface area contributed by atoms with Crippen LogP contribution < -0.4 is 0 Å². The zero-order valence-electron chi connectivity index (χ0n) is 16.6. The number of carbonyl (C=O) groups is 5. The van der Waals surface area contributed by atoms with Crippen LogP contribution in [-0.4, -0.2) is 78.4 Å². The molecule has 1 heterocycles.